The predicted molar refractivity (Wildman–Crippen MR) is 46.4 cm³/mol. The van der Waals surface area contributed by atoms with Crippen molar-refractivity contribution in [3.63, 3.8) is 0 Å². The average Bonchev–Trinajstić information content (AvgIpc) is 2.07. The summed E-state index contributed by atoms with van der Waals surface area (Å²) < 4.78 is 0. The van der Waals surface area contributed by atoms with Gasteiger partial charge in [0.15, 0.2) is 0 Å². The Morgan fingerprint density at radius 3 is 2.25 bits per heavy atom. The largest absolute Gasteiger partial charge is 0.275 e. The summed E-state index contributed by atoms with van der Waals surface area (Å²) in [5, 5.41) is -0.781. The number of hydrogen-bond acceptors (Lipinski definition) is 2. The third kappa shape index (κ3) is 1.82. The highest BCUT2D eigenvalue weighted by Crippen LogP contribution is 2.12. The van der Waals surface area contributed by atoms with Gasteiger partial charge in [-0.05, 0) is 17.2 Å². The minimum atomic E-state index is -0.781. The van der Waals surface area contributed by atoms with Crippen LogP contribution in [-0.4, -0.2) is 11.2 Å². The Morgan fingerprint density at radius 1 is 1.25 bits per heavy atom. The van der Waals surface area contributed by atoms with Crippen molar-refractivity contribution in [1.82, 2.24) is 0 Å². The first-order valence-electron chi connectivity index (χ1n) is 3.26. The molecule has 1 aromatic carbocycles. The van der Waals surface area contributed by atoms with E-state index in [-0.39, 0.29) is 5.57 Å². The smallest absolute Gasteiger partial charge is 0.264 e. The third-order valence-electron chi connectivity index (χ3n) is 1.36. The van der Waals surface area contributed by atoms with Gasteiger partial charge in [-0.1, -0.05) is 30.3 Å². The van der Waals surface area contributed by atoms with E-state index in [1.807, 2.05) is 0 Å². The van der Waals surface area contributed by atoms with E-state index in [1.165, 1.54) is 5.94 Å². The molecular formula is C9H5ClO2. The van der Waals surface area contributed by atoms with Crippen molar-refractivity contribution in [1.29, 1.82) is 0 Å². The molecule has 0 atom stereocenters. The van der Waals surface area contributed by atoms with Gasteiger partial charge < -0.3 is 0 Å². The number of carbonyl (C=O) groups excluding carboxylic acids is 2. The molecule has 2 nitrogen and oxygen atoms in total. The Morgan fingerprint density at radius 2 is 1.83 bits per heavy atom. The lowest BCUT2D eigenvalue weighted by Crippen LogP contribution is -1.92. The van der Waals surface area contributed by atoms with Crippen molar-refractivity contribution in [3.8, 4) is 0 Å². The fourth-order valence-electron chi connectivity index (χ4n) is 0.817. The highest BCUT2D eigenvalue weighted by molar-refractivity contribution is 6.75. The predicted octanol–water partition coefficient (Wildman–Crippen LogP) is 1.67. The van der Waals surface area contributed by atoms with Crippen LogP contribution in [0, 0.1) is 0 Å². The molecule has 0 radical (unpaired) electrons. The van der Waals surface area contributed by atoms with E-state index in [0.29, 0.717) is 5.56 Å². The molecule has 0 N–H and O–H groups in total. The molecule has 0 saturated heterocycles. The number of halogens is 1. The van der Waals surface area contributed by atoms with Gasteiger partial charge in [-0.25, -0.2) is 4.79 Å². The van der Waals surface area contributed by atoms with Gasteiger partial charge in [-0.2, -0.15) is 0 Å². The minimum absolute atomic E-state index is 0.128. The quantitative estimate of drug-likeness (QED) is 0.394. The maximum Gasteiger partial charge on any atom is 0.264 e. The number of allylic oxidation sites excluding steroid dienone is 1. The molecule has 12 heavy (non-hydrogen) atoms. The molecule has 60 valence electrons. The van der Waals surface area contributed by atoms with Crippen LogP contribution in [0.3, 0.4) is 0 Å². The van der Waals surface area contributed by atoms with Crippen molar-refractivity contribution in [2.75, 3.05) is 0 Å². The summed E-state index contributed by atoms with van der Waals surface area (Å²) in [4.78, 5) is 20.9. The number of benzene rings is 1. The van der Waals surface area contributed by atoms with Crippen LogP contribution in [0.4, 0.5) is 0 Å². The summed E-state index contributed by atoms with van der Waals surface area (Å²) >= 11 is 5.14. The summed E-state index contributed by atoms with van der Waals surface area (Å²) in [6.45, 7) is 0. The molecule has 0 aromatic heterocycles. The van der Waals surface area contributed by atoms with E-state index in [4.69, 9.17) is 11.6 Å². The summed E-state index contributed by atoms with van der Waals surface area (Å²) in [5.41, 5.74) is 0.366. The third-order valence-corrected chi connectivity index (χ3v) is 1.55. The van der Waals surface area contributed by atoms with Gasteiger partial charge in [0.05, 0.1) is 0 Å². The van der Waals surface area contributed by atoms with Gasteiger partial charge in [0.1, 0.15) is 11.5 Å². The van der Waals surface area contributed by atoms with Gasteiger partial charge >= 0.3 is 0 Å². The zero-order valence-electron chi connectivity index (χ0n) is 6.08. The number of carbonyl (C=O) groups is 1. The Hall–Kier alpha value is -1.37. The molecule has 0 fully saturated rings. The molecule has 0 bridgehead atoms. The standard InChI is InChI=1S/C9H5ClO2/c10-9(12)8(6-11)7-4-2-1-3-5-7/h1-5H. The highest BCUT2D eigenvalue weighted by atomic mass is 35.5. The van der Waals surface area contributed by atoms with E-state index in [9.17, 15) is 9.59 Å². The number of rotatable bonds is 2. The van der Waals surface area contributed by atoms with Crippen molar-refractivity contribution in [2.45, 2.75) is 0 Å². The summed E-state index contributed by atoms with van der Waals surface area (Å²) in [5.74, 6) is 1.50. The fraction of sp³-hybridized carbons (Fsp3) is 0. The van der Waals surface area contributed by atoms with E-state index < -0.39 is 5.24 Å². The first kappa shape index (κ1) is 8.72. The van der Waals surface area contributed by atoms with Gasteiger partial charge in [0.25, 0.3) is 5.24 Å². The zero-order chi connectivity index (χ0) is 8.97. The molecule has 0 heterocycles. The average molecular weight is 181 g/mol. The van der Waals surface area contributed by atoms with Crippen LogP contribution in [0.5, 0.6) is 0 Å². The van der Waals surface area contributed by atoms with Gasteiger partial charge in [-0.3, -0.25) is 4.79 Å². The minimum Gasteiger partial charge on any atom is -0.275 e. The van der Waals surface area contributed by atoms with Crippen LogP contribution in [0.1, 0.15) is 5.56 Å². The second-order valence-electron chi connectivity index (χ2n) is 2.12. The van der Waals surface area contributed by atoms with Crippen LogP contribution in [-0.2, 0) is 9.59 Å². The Labute approximate surface area is 74.5 Å². The molecule has 0 aliphatic rings. The van der Waals surface area contributed by atoms with Gasteiger partial charge in [0.2, 0.25) is 0 Å². The molecule has 3 heteroatoms. The van der Waals surface area contributed by atoms with E-state index in [0.717, 1.165) is 0 Å². The van der Waals surface area contributed by atoms with Gasteiger partial charge in [-0.15, -0.1) is 0 Å². The molecule has 0 amide bonds. The molecule has 1 aromatic rings. The van der Waals surface area contributed by atoms with Gasteiger partial charge in [0, 0.05) is 0 Å². The summed E-state index contributed by atoms with van der Waals surface area (Å²) in [6, 6.07) is 8.46. The molecule has 0 spiro atoms. The Balaban J connectivity index is 3.14. The molecule has 0 saturated carbocycles. The summed E-state index contributed by atoms with van der Waals surface area (Å²) in [7, 11) is 0. The summed E-state index contributed by atoms with van der Waals surface area (Å²) in [6.07, 6.45) is 0. The first-order chi connectivity index (χ1) is 5.75. The fourth-order valence-corrected chi connectivity index (χ4v) is 0.965. The maximum atomic E-state index is 10.6. The van der Waals surface area contributed by atoms with Crippen molar-refractivity contribution >= 4 is 28.4 Å². The molecule has 0 aliphatic carbocycles. The monoisotopic (exact) mass is 180 g/mol. The van der Waals surface area contributed by atoms with E-state index in [1.54, 1.807) is 30.3 Å². The zero-order valence-corrected chi connectivity index (χ0v) is 6.84. The maximum absolute atomic E-state index is 10.6. The first-order valence-corrected chi connectivity index (χ1v) is 3.64. The van der Waals surface area contributed by atoms with Crippen molar-refractivity contribution in [3.05, 3.63) is 35.9 Å². The second kappa shape index (κ2) is 3.86. The lowest BCUT2D eigenvalue weighted by atomic mass is 10.1. The van der Waals surface area contributed by atoms with Crippen LogP contribution in [0.2, 0.25) is 0 Å². The lowest BCUT2D eigenvalue weighted by molar-refractivity contribution is -0.106. The van der Waals surface area contributed by atoms with E-state index in [2.05, 4.69) is 0 Å². The second-order valence-corrected chi connectivity index (χ2v) is 2.46. The molecule has 0 unspecified atom stereocenters. The number of hydrogen-bond donors (Lipinski definition) is 0. The van der Waals surface area contributed by atoms with E-state index >= 15 is 0 Å². The normalized spacial score (nSPS) is 8.75. The van der Waals surface area contributed by atoms with Crippen LogP contribution >= 0.6 is 11.6 Å². The Kier molecular flexibility index (Phi) is 2.81. The lowest BCUT2D eigenvalue weighted by Gasteiger charge is -1.94. The Bertz CT molecular complexity index is 337. The van der Waals surface area contributed by atoms with Crippen LogP contribution < -0.4 is 0 Å². The SMILES string of the molecule is O=C=C(C(=O)Cl)c1ccccc1. The topological polar surface area (TPSA) is 34.1 Å². The van der Waals surface area contributed by atoms with Crippen molar-refractivity contribution < 1.29 is 9.59 Å². The highest BCUT2D eigenvalue weighted by Gasteiger charge is 2.08. The molecule has 0 aliphatic heterocycles. The van der Waals surface area contributed by atoms with Crippen LogP contribution in [0.25, 0.3) is 5.57 Å². The van der Waals surface area contributed by atoms with Crippen LogP contribution in [0.15, 0.2) is 30.3 Å². The van der Waals surface area contributed by atoms with Crippen molar-refractivity contribution in [2.24, 2.45) is 0 Å². The molecule has 1 rings (SSSR count). The molecular weight excluding hydrogens is 176 g/mol.